The van der Waals surface area contributed by atoms with Crippen LogP contribution in [0.3, 0.4) is 0 Å². The van der Waals surface area contributed by atoms with Gasteiger partial charge in [-0.2, -0.15) is 4.98 Å². The van der Waals surface area contributed by atoms with Crippen LogP contribution in [-0.2, 0) is 30.3 Å². The number of anilines is 2. The monoisotopic (exact) mass is 595 g/mol. The number of aromatic amines is 1. The van der Waals surface area contributed by atoms with E-state index in [-0.39, 0.29) is 43.2 Å². The minimum absolute atomic E-state index is 0.0234. The number of imidazole rings is 1. The van der Waals surface area contributed by atoms with Crippen molar-refractivity contribution in [1.82, 2.24) is 34.1 Å². The summed E-state index contributed by atoms with van der Waals surface area (Å²) in [4.78, 5) is 41.9. The maximum atomic E-state index is 12.2. The van der Waals surface area contributed by atoms with Crippen LogP contribution in [0.5, 0.6) is 0 Å². The Morgan fingerprint density at radius 3 is 2.83 bits per heavy atom. The van der Waals surface area contributed by atoms with E-state index in [1.807, 2.05) is 0 Å². The summed E-state index contributed by atoms with van der Waals surface area (Å²) in [5.41, 5.74) is 11.8. The molecule has 6 rings (SSSR count). The quantitative estimate of drug-likeness (QED) is 0.138. The highest BCUT2D eigenvalue weighted by Crippen LogP contribution is 2.50. The van der Waals surface area contributed by atoms with E-state index in [4.69, 9.17) is 41.8 Å². The van der Waals surface area contributed by atoms with Crippen molar-refractivity contribution in [2.24, 2.45) is 0 Å². The first kappa shape index (κ1) is 27.1. The second-order valence-corrected chi connectivity index (χ2v) is 12.2. The van der Waals surface area contributed by atoms with Crippen LogP contribution in [-0.4, -0.2) is 86.8 Å². The highest BCUT2D eigenvalue weighted by atomic mass is 32.5. The molecule has 2 unspecified atom stereocenters. The van der Waals surface area contributed by atoms with Gasteiger partial charge in [-0.1, -0.05) is 0 Å². The van der Waals surface area contributed by atoms with Gasteiger partial charge in [-0.15, -0.1) is 0 Å². The van der Waals surface area contributed by atoms with Crippen molar-refractivity contribution in [1.29, 1.82) is 0 Å². The van der Waals surface area contributed by atoms with Crippen LogP contribution in [0.15, 0.2) is 29.7 Å². The minimum atomic E-state index is -3.91. The summed E-state index contributed by atoms with van der Waals surface area (Å²) in [5.74, 6) is 0.203. The molecule has 2 aliphatic heterocycles. The number of nitrogens with one attached hydrogen (secondary N) is 1. The molecule has 8 N–H and O–H groups in total. The van der Waals surface area contributed by atoms with E-state index in [1.165, 1.54) is 17.2 Å². The summed E-state index contributed by atoms with van der Waals surface area (Å²) in [6, 6.07) is 1.76. The maximum Gasteiger partial charge on any atom is 0.325 e. The van der Waals surface area contributed by atoms with Crippen LogP contribution >= 0.6 is 6.72 Å². The third-order valence-corrected chi connectivity index (χ3v) is 8.39. The van der Waals surface area contributed by atoms with Crippen molar-refractivity contribution in [2.75, 3.05) is 24.7 Å². The highest BCUT2D eigenvalue weighted by molar-refractivity contribution is 8.07. The van der Waals surface area contributed by atoms with Crippen LogP contribution < -0.4 is 17.0 Å². The first-order valence-corrected chi connectivity index (χ1v) is 14.8. The van der Waals surface area contributed by atoms with Gasteiger partial charge in [0.1, 0.15) is 36.2 Å². The van der Waals surface area contributed by atoms with Gasteiger partial charge >= 0.3 is 6.72 Å². The number of nitrogen functional groups attached to an aromatic ring is 2. The van der Waals surface area contributed by atoms with Crippen molar-refractivity contribution in [3.05, 3.63) is 35.3 Å². The summed E-state index contributed by atoms with van der Waals surface area (Å²) < 4.78 is 26.4. The molecule has 0 aliphatic carbocycles. The molecule has 214 valence electrons. The van der Waals surface area contributed by atoms with Crippen molar-refractivity contribution >= 4 is 52.5 Å². The average Bonchev–Trinajstić information content (AvgIpc) is 3.68. The number of aliphatic hydroxyl groups is 2. The molecule has 2 fully saturated rings. The number of ether oxygens (including phenoxy) is 2. The van der Waals surface area contributed by atoms with E-state index in [1.54, 1.807) is 16.8 Å². The van der Waals surface area contributed by atoms with Gasteiger partial charge in [0.15, 0.2) is 17.4 Å². The predicted molar refractivity (Wildman–Crippen MR) is 142 cm³/mol. The lowest BCUT2D eigenvalue weighted by Crippen LogP contribution is -2.27. The Morgan fingerprint density at radius 1 is 1.20 bits per heavy atom. The van der Waals surface area contributed by atoms with Gasteiger partial charge < -0.3 is 49.7 Å². The standard InChI is InChI=1S/C21H26N9O8PS/c22-16-10-1-2-29(17(10)25-7-24-16)14-4-11(32)13(37-14)6-35-39(34,40)38-12-3-9(5-31)36-20(12)30-8-26-15-18(30)27-21(23)28-19(15)33/h1-2,7-9,11-14,20,31-32H,3-6H2,(H,34,40)(H2,22,24,25)(H3,23,27,28,33)/t9-,11-,12+,13+,14?,20+,39?/m0/s1. The Balaban J connectivity index is 1.15. The van der Waals surface area contributed by atoms with Gasteiger partial charge in [0, 0.05) is 19.0 Å². The van der Waals surface area contributed by atoms with E-state index in [2.05, 4.69) is 24.9 Å². The number of fused-ring (bicyclic) bond motifs is 2. The van der Waals surface area contributed by atoms with Crippen LogP contribution in [0.25, 0.3) is 22.2 Å². The minimum Gasteiger partial charge on any atom is -0.394 e. The molecule has 0 amide bonds. The zero-order valence-corrected chi connectivity index (χ0v) is 22.4. The largest absolute Gasteiger partial charge is 0.394 e. The topological polar surface area (TPSA) is 244 Å². The molecule has 6 heterocycles. The summed E-state index contributed by atoms with van der Waals surface area (Å²) in [6.07, 6.45) is -0.0351. The molecule has 19 heteroatoms. The number of H-pyrrole nitrogens is 1. The smallest absolute Gasteiger partial charge is 0.325 e. The molecule has 0 aromatic carbocycles. The summed E-state index contributed by atoms with van der Waals surface area (Å²) >= 11 is 5.25. The number of nitrogens with zero attached hydrogens (tertiary/aromatic N) is 6. The normalized spacial score (nSPS) is 28.5. The highest BCUT2D eigenvalue weighted by Gasteiger charge is 2.42. The van der Waals surface area contributed by atoms with Gasteiger partial charge in [0.2, 0.25) is 5.95 Å². The molecule has 7 atom stereocenters. The SMILES string of the molecule is Nc1nc2c(ncn2[C@@H]2O[C@H](CO)C[C@H]2OP(O)(=S)OC[C@H]2OC(n3ccc4c(N)ncnc43)C[C@@H]2O)c(=O)[nH]1. The first-order valence-electron chi connectivity index (χ1n) is 12.2. The molecule has 2 saturated heterocycles. The fourth-order valence-corrected chi connectivity index (χ4v) is 6.37. The molecule has 0 spiro atoms. The van der Waals surface area contributed by atoms with Crippen LogP contribution in [0, 0.1) is 0 Å². The van der Waals surface area contributed by atoms with E-state index in [9.17, 15) is 19.9 Å². The number of nitrogens with two attached hydrogens (primary N) is 2. The molecule has 0 saturated carbocycles. The van der Waals surface area contributed by atoms with E-state index < -0.39 is 49.1 Å². The van der Waals surface area contributed by atoms with Gasteiger partial charge in [-0.25, -0.2) is 15.0 Å². The van der Waals surface area contributed by atoms with Gasteiger partial charge in [-0.3, -0.25) is 14.3 Å². The fraction of sp³-hybridized carbons (Fsp3) is 0.476. The van der Waals surface area contributed by atoms with E-state index >= 15 is 0 Å². The van der Waals surface area contributed by atoms with E-state index in [0.29, 0.717) is 16.9 Å². The summed E-state index contributed by atoms with van der Waals surface area (Å²) in [7, 11) is 0. The predicted octanol–water partition coefficient (Wildman–Crippen LogP) is -0.724. The van der Waals surface area contributed by atoms with E-state index in [0.717, 1.165) is 0 Å². The lowest BCUT2D eigenvalue weighted by atomic mass is 10.2. The number of rotatable bonds is 8. The molecule has 2 aliphatic rings. The molecule has 0 radical (unpaired) electrons. The van der Waals surface area contributed by atoms with Crippen molar-refractivity contribution < 1.29 is 33.6 Å². The van der Waals surface area contributed by atoms with Gasteiger partial charge in [0.25, 0.3) is 5.56 Å². The van der Waals surface area contributed by atoms with Crippen LogP contribution in [0.2, 0.25) is 0 Å². The second kappa shape index (κ2) is 10.4. The Kier molecular flexibility index (Phi) is 7.06. The Morgan fingerprint density at radius 2 is 2.02 bits per heavy atom. The van der Waals surface area contributed by atoms with Crippen LogP contribution in [0.4, 0.5) is 11.8 Å². The lowest BCUT2D eigenvalue weighted by molar-refractivity contribution is -0.0543. The zero-order chi connectivity index (χ0) is 28.2. The summed E-state index contributed by atoms with van der Waals surface area (Å²) in [6.45, 7) is -4.50. The van der Waals surface area contributed by atoms with Crippen LogP contribution in [0.1, 0.15) is 25.3 Å². The Bertz CT molecular complexity index is 1660. The number of hydrogen-bond donors (Lipinski definition) is 6. The molecule has 40 heavy (non-hydrogen) atoms. The molecule has 4 aromatic heterocycles. The molecular formula is C21H26N9O8PS. The average molecular weight is 596 g/mol. The third-order valence-electron chi connectivity index (χ3n) is 6.80. The first-order chi connectivity index (χ1) is 19.1. The molecular weight excluding hydrogens is 569 g/mol. The molecule has 17 nitrogen and oxygen atoms in total. The number of aromatic nitrogens is 7. The van der Waals surface area contributed by atoms with Gasteiger partial charge in [0.05, 0.1) is 37.1 Å². The Hall–Kier alpha value is -3.06. The number of hydrogen-bond acceptors (Lipinski definition) is 14. The lowest BCUT2D eigenvalue weighted by Gasteiger charge is -2.25. The third kappa shape index (κ3) is 4.98. The van der Waals surface area contributed by atoms with Crippen molar-refractivity contribution in [2.45, 2.75) is 49.7 Å². The summed E-state index contributed by atoms with van der Waals surface area (Å²) in [5, 5.41) is 21.0. The maximum absolute atomic E-state index is 12.2. The van der Waals surface area contributed by atoms with Gasteiger partial charge in [-0.05, 0) is 17.9 Å². The zero-order valence-electron chi connectivity index (χ0n) is 20.7. The van der Waals surface area contributed by atoms with Crippen molar-refractivity contribution in [3.63, 3.8) is 0 Å². The molecule has 0 bridgehead atoms. The molecule has 4 aromatic rings. The fourth-order valence-electron chi connectivity index (χ4n) is 4.93. The Labute approximate surface area is 229 Å². The van der Waals surface area contributed by atoms with Crippen molar-refractivity contribution in [3.8, 4) is 0 Å². The second-order valence-electron chi connectivity index (χ2n) is 9.40. The number of aliphatic hydroxyl groups excluding tert-OH is 2.